The van der Waals surface area contributed by atoms with Gasteiger partial charge in [0.05, 0.1) is 11.5 Å². The number of carboxylic acids is 1. The molecule has 4 N–H and O–H groups in total. The van der Waals surface area contributed by atoms with E-state index in [9.17, 15) is 19.5 Å². The highest BCUT2D eigenvalue weighted by Gasteiger charge is 2.32. The van der Waals surface area contributed by atoms with E-state index in [1.165, 1.54) is 0 Å². The molecule has 1 saturated carbocycles. The first-order chi connectivity index (χ1) is 9.47. The first-order valence-electron chi connectivity index (χ1n) is 6.41. The van der Waals surface area contributed by atoms with Crippen LogP contribution in [-0.4, -0.2) is 33.6 Å². The topological polar surface area (TPSA) is 119 Å². The molecule has 0 bridgehead atoms. The molecule has 1 aliphatic rings. The van der Waals surface area contributed by atoms with Gasteiger partial charge in [0, 0.05) is 18.7 Å². The second-order valence-corrected chi connectivity index (χ2v) is 4.96. The third-order valence-electron chi connectivity index (χ3n) is 3.59. The Hall–Kier alpha value is -2.31. The highest BCUT2D eigenvalue weighted by atomic mass is 16.4. The van der Waals surface area contributed by atoms with Gasteiger partial charge < -0.3 is 15.5 Å². The van der Waals surface area contributed by atoms with Gasteiger partial charge in [-0.2, -0.15) is 0 Å². The van der Waals surface area contributed by atoms with Crippen LogP contribution in [0.15, 0.2) is 16.9 Å². The van der Waals surface area contributed by atoms with E-state index in [1.807, 2.05) is 0 Å². The molecule has 108 valence electrons. The van der Waals surface area contributed by atoms with Crippen LogP contribution in [0.25, 0.3) is 0 Å². The van der Waals surface area contributed by atoms with E-state index >= 15 is 0 Å². The Morgan fingerprint density at radius 3 is 2.75 bits per heavy atom. The van der Waals surface area contributed by atoms with Gasteiger partial charge in [0.2, 0.25) is 0 Å². The maximum Gasteiger partial charge on any atom is 0.306 e. The number of aromatic amines is 1. The number of aromatic nitrogens is 1. The van der Waals surface area contributed by atoms with Crippen LogP contribution in [0.2, 0.25) is 0 Å². The van der Waals surface area contributed by atoms with Crippen LogP contribution in [0.1, 0.15) is 29.6 Å². The summed E-state index contributed by atoms with van der Waals surface area (Å²) in [6.07, 6.45) is 2.23. The van der Waals surface area contributed by atoms with Crippen molar-refractivity contribution in [2.75, 3.05) is 6.54 Å². The minimum atomic E-state index is -0.837. The zero-order valence-corrected chi connectivity index (χ0v) is 10.8. The normalized spacial score (nSPS) is 21.6. The maximum absolute atomic E-state index is 11.9. The molecule has 1 aromatic rings. The van der Waals surface area contributed by atoms with Crippen molar-refractivity contribution in [3.63, 3.8) is 0 Å². The van der Waals surface area contributed by atoms with Crippen molar-refractivity contribution in [3.05, 3.63) is 28.0 Å². The predicted octanol–water partition coefficient (Wildman–Crippen LogP) is 0.311. The fraction of sp³-hybridized carbons (Fsp3) is 0.462. The molecule has 1 fully saturated rings. The van der Waals surface area contributed by atoms with Gasteiger partial charge in [0.15, 0.2) is 5.88 Å². The summed E-state index contributed by atoms with van der Waals surface area (Å²) in [5.41, 5.74) is -0.518. The Balaban J connectivity index is 1.98. The summed E-state index contributed by atoms with van der Waals surface area (Å²) in [5.74, 6) is -2.24. The Morgan fingerprint density at radius 1 is 1.35 bits per heavy atom. The molecule has 0 spiro atoms. The molecule has 20 heavy (non-hydrogen) atoms. The maximum atomic E-state index is 11.9. The fourth-order valence-electron chi connectivity index (χ4n) is 2.59. The minimum absolute atomic E-state index is 0.0520. The summed E-state index contributed by atoms with van der Waals surface area (Å²) < 4.78 is 0. The van der Waals surface area contributed by atoms with Crippen LogP contribution < -0.4 is 10.9 Å². The first kappa shape index (κ1) is 14.1. The van der Waals surface area contributed by atoms with Crippen molar-refractivity contribution in [2.45, 2.75) is 19.3 Å². The number of H-pyrrole nitrogens is 1. The van der Waals surface area contributed by atoms with Crippen LogP contribution in [0.3, 0.4) is 0 Å². The van der Waals surface area contributed by atoms with E-state index in [4.69, 9.17) is 5.11 Å². The molecule has 1 heterocycles. The van der Waals surface area contributed by atoms with E-state index in [0.29, 0.717) is 6.42 Å². The molecule has 2 unspecified atom stereocenters. The average molecular weight is 280 g/mol. The average Bonchev–Trinajstić information content (AvgIpc) is 2.83. The van der Waals surface area contributed by atoms with Crippen molar-refractivity contribution < 1.29 is 19.8 Å². The summed E-state index contributed by atoms with van der Waals surface area (Å²) in [6, 6.07) is 2.23. The van der Waals surface area contributed by atoms with E-state index in [2.05, 4.69) is 10.3 Å². The fourth-order valence-corrected chi connectivity index (χ4v) is 2.59. The lowest BCUT2D eigenvalue weighted by Crippen LogP contribution is -2.33. The molecule has 0 aromatic carbocycles. The summed E-state index contributed by atoms with van der Waals surface area (Å²) in [6.45, 7) is 0.253. The third-order valence-corrected chi connectivity index (χ3v) is 3.59. The molecule has 1 amide bonds. The van der Waals surface area contributed by atoms with Gasteiger partial charge in [-0.05, 0) is 18.8 Å². The van der Waals surface area contributed by atoms with Crippen molar-refractivity contribution in [2.24, 2.45) is 11.8 Å². The summed E-state index contributed by atoms with van der Waals surface area (Å²) >= 11 is 0. The van der Waals surface area contributed by atoms with Gasteiger partial charge in [-0.25, -0.2) is 0 Å². The second-order valence-electron chi connectivity index (χ2n) is 4.96. The molecule has 7 heteroatoms. The number of pyridine rings is 1. The lowest BCUT2D eigenvalue weighted by Gasteiger charge is -2.16. The van der Waals surface area contributed by atoms with E-state index in [0.717, 1.165) is 25.0 Å². The van der Waals surface area contributed by atoms with Gasteiger partial charge in [-0.15, -0.1) is 0 Å². The summed E-state index contributed by atoms with van der Waals surface area (Å²) in [5, 5.41) is 20.9. The van der Waals surface area contributed by atoms with E-state index in [-0.39, 0.29) is 23.9 Å². The summed E-state index contributed by atoms with van der Waals surface area (Å²) in [4.78, 5) is 36.2. The predicted molar refractivity (Wildman–Crippen MR) is 69.5 cm³/mol. The Kier molecular flexibility index (Phi) is 4.07. The highest BCUT2D eigenvalue weighted by molar-refractivity contribution is 5.94. The largest absolute Gasteiger partial charge is 0.494 e. The number of carboxylic acid groups (broad SMARTS) is 1. The minimum Gasteiger partial charge on any atom is -0.494 e. The Bertz CT molecular complexity index is 580. The molecular formula is C13H16N2O5. The standard InChI is InChI=1S/C13H16N2O5/c16-10-4-8(5-11(17)15-10)12(18)14-6-7-2-1-3-9(7)13(19)20/h4-5,7,9H,1-3,6H2,(H,14,18)(H,19,20)(H2,15,16,17). The number of carbonyl (C=O) groups is 2. The van der Waals surface area contributed by atoms with Crippen LogP contribution in [-0.2, 0) is 4.79 Å². The van der Waals surface area contributed by atoms with Gasteiger partial charge in [-0.1, -0.05) is 6.42 Å². The molecular weight excluding hydrogens is 264 g/mol. The van der Waals surface area contributed by atoms with Crippen molar-refractivity contribution in [1.82, 2.24) is 10.3 Å². The van der Waals surface area contributed by atoms with Crippen LogP contribution in [0.5, 0.6) is 5.88 Å². The molecule has 2 atom stereocenters. The van der Waals surface area contributed by atoms with Crippen LogP contribution in [0.4, 0.5) is 0 Å². The van der Waals surface area contributed by atoms with Crippen molar-refractivity contribution in [3.8, 4) is 5.88 Å². The smallest absolute Gasteiger partial charge is 0.306 e. The van der Waals surface area contributed by atoms with Gasteiger partial charge >= 0.3 is 5.97 Å². The number of aromatic hydroxyl groups is 1. The van der Waals surface area contributed by atoms with Crippen LogP contribution >= 0.6 is 0 Å². The second kappa shape index (κ2) is 5.77. The third kappa shape index (κ3) is 3.17. The van der Waals surface area contributed by atoms with Gasteiger partial charge in [0.1, 0.15) is 0 Å². The number of rotatable bonds is 4. The first-order valence-corrected chi connectivity index (χ1v) is 6.41. The molecule has 0 saturated heterocycles. The van der Waals surface area contributed by atoms with Crippen molar-refractivity contribution in [1.29, 1.82) is 0 Å². The zero-order chi connectivity index (χ0) is 14.7. The monoisotopic (exact) mass is 280 g/mol. The summed E-state index contributed by atoms with van der Waals surface area (Å²) in [7, 11) is 0. The lowest BCUT2D eigenvalue weighted by atomic mass is 9.96. The van der Waals surface area contributed by atoms with Crippen LogP contribution in [0, 0.1) is 11.8 Å². The molecule has 0 radical (unpaired) electrons. The van der Waals surface area contributed by atoms with E-state index < -0.39 is 23.4 Å². The Labute approximate surface area is 114 Å². The van der Waals surface area contributed by atoms with Crippen molar-refractivity contribution >= 4 is 11.9 Å². The number of amides is 1. The molecule has 0 aliphatic heterocycles. The Morgan fingerprint density at radius 2 is 2.10 bits per heavy atom. The molecule has 2 rings (SSSR count). The number of hydrogen-bond acceptors (Lipinski definition) is 4. The molecule has 1 aromatic heterocycles. The lowest BCUT2D eigenvalue weighted by molar-refractivity contribution is -0.142. The van der Waals surface area contributed by atoms with Gasteiger partial charge in [0.25, 0.3) is 11.5 Å². The SMILES string of the molecule is O=C(NCC1CCCC1C(=O)O)c1cc(O)[nH]c(=O)c1. The number of aliphatic carboxylic acids is 1. The zero-order valence-electron chi connectivity index (χ0n) is 10.8. The number of hydrogen-bond donors (Lipinski definition) is 4. The molecule has 7 nitrogen and oxygen atoms in total. The molecule has 1 aliphatic carbocycles. The number of nitrogens with one attached hydrogen (secondary N) is 2. The van der Waals surface area contributed by atoms with Gasteiger partial charge in [-0.3, -0.25) is 19.4 Å². The number of carbonyl (C=O) groups excluding carboxylic acids is 1. The van der Waals surface area contributed by atoms with E-state index in [1.54, 1.807) is 0 Å². The quantitative estimate of drug-likeness (QED) is 0.633. The highest BCUT2D eigenvalue weighted by Crippen LogP contribution is 2.31.